The molecule has 1 fully saturated rings. The van der Waals surface area contributed by atoms with Crippen LogP contribution in [-0.2, 0) is 19.0 Å². The Morgan fingerprint density at radius 1 is 1.39 bits per heavy atom. The van der Waals surface area contributed by atoms with Gasteiger partial charge in [0.1, 0.15) is 11.2 Å². The Hall–Kier alpha value is -1.85. The SMILES string of the molecule is C=CCO[C@H](C)CC1=C[C@@](CC=C)(C(=O)N2CCC[C@H]2COC)C(OC)=CC1. The molecular weight excluding hydrogens is 354 g/mol. The van der Waals surface area contributed by atoms with E-state index in [1.54, 1.807) is 20.3 Å². The first-order valence-corrected chi connectivity index (χ1v) is 10.1. The number of rotatable bonds is 11. The van der Waals surface area contributed by atoms with Crippen LogP contribution in [0.4, 0.5) is 0 Å². The Labute approximate surface area is 169 Å². The topological polar surface area (TPSA) is 48.0 Å². The number of carbonyl (C=O) groups is 1. The molecule has 1 saturated heterocycles. The van der Waals surface area contributed by atoms with Crippen molar-refractivity contribution >= 4 is 5.91 Å². The second-order valence-corrected chi connectivity index (χ2v) is 7.63. The summed E-state index contributed by atoms with van der Waals surface area (Å²) in [7, 11) is 3.33. The van der Waals surface area contributed by atoms with Gasteiger partial charge in [0.05, 0.1) is 32.5 Å². The summed E-state index contributed by atoms with van der Waals surface area (Å²) in [6, 6.07) is 0.117. The second-order valence-electron chi connectivity index (χ2n) is 7.63. The zero-order chi connectivity index (χ0) is 20.6. The average Bonchev–Trinajstić information content (AvgIpc) is 3.14. The predicted octanol–water partition coefficient (Wildman–Crippen LogP) is 4.03. The molecule has 0 saturated carbocycles. The van der Waals surface area contributed by atoms with Crippen molar-refractivity contribution in [2.45, 2.75) is 51.2 Å². The molecule has 0 N–H and O–H groups in total. The van der Waals surface area contributed by atoms with Crippen LogP contribution in [0.1, 0.15) is 39.0 Å². The first-order valence-electron chi connectivity index (χ1n) is 10.1. The summed E-state index contributed by atoms with van der Waals surface area (Å²) >= 11 is 0. The van der Waals surface area contributed by atoms with Crippen LogP contribution in [0.25, 0.3) is 0 Å². The largest absolute Gasteiger partial charge is 0.500 e. The monoisotopic (exact) mass is 389 g/mol. The van der Waals surface area contributed by atoms with E-state index in [1.165, 1.54) is 5.57 Å². The number of likely N-dealkylation sites (tertiary alicyclic amines) is 1. The van der Waals surface area contributed by atoms with Crippen LogP contribution in [-0.4, -0.2) is 56.9 Å². The molecule has 1 aliphatic carbocycles. The van der Waals surface area contributed by atoms with Gasteiger partial charge in [-0.3, -0.25) is 4.79 Å². The number of hydrogen-bond acceptors (Lipinski definition) is 4. The van der Waals surface area contributed by atoms with Crippen molar-refractivity contribution < 1.29 is 19.0 Å². The van der Waals surface area contributed by atoms with E-state index in [9.17, 15) is 4.79 Å². The molecule has 0 aromatic rings. The highest BCUT2D eigenvalue weighted by molar-refractivity contribution is 5.89. The molecule has 28 heavy (non-hydrogen) atoms. The molecule has 0 aromatic carbocycles. The summed E-state index contributed by atoms with van der Waals surface area (Å²) in [4.78, 5) is 15.8. The highest BCUT2D eigenvalue weighted by Gasteiger charge is 2.47. The fourth-order valence-corrected chi connectivity index (χ4v) is 4.32. The van der Waals surface area contributed by atoms with Crippen molar-refractivity contribution in [2.24, 2.45) is 5.41 Å². The Bertz CT molecular complexity index is 624. The summed E-state index contributed by atoms with van der Waals surface area (Å²) in [6.45, 7) is 11.5. The van der Waals surface area contributed by atoms with Crippen LogP contribution in [0.3, 0.4) is 0 Å². The molecule has 0 unspecified atom stereocenters. The minimum atomic E-state index is -0.835. The van der Waals surface area contributed by atoms with Crippen LogP contribution in [0.5, 0.6) is 0 Å². The van der Waals surface area contributed by atoms with E-state index in [2.05, 4.69) is 19.2 Å². The number of hydrogen-bond donors (Lipinski definition) is 0. The van der Waals surface area contributed by atoms with Gasteiger partial charge in [0.15, 0.2) is 0 Å². The third kappa shape index (κ3) is 4.95. The fourth-order valence-electron chi connectivity index (χ4n) is 4.32. The van der Waals surface area contributed by atoms with Gasteiger partial charge in [0.2, 0.25) is 5.91 Å². The lowest BCUT2D eigenvalue weighted by atomic mass is 9.74. The molecule has 1 heterocycles. The van der Waals surface area contributed by atoms with Crippen LogP contribution in [0, 0.1) is 5.41 Å². The molecular formula is C23H35NO4. The predicted molar refractivity (Wildman–Crippen MR) is 112 cm³/mol. The lowest BCUT2D eigenvalue weighted by molar-refractivity contribution is -0.141. The Morgan fingerprint density at radius 3 is 2.82 bits per heavy atom. The van der Waals surface area contributed by atoms with Gasteiger partial charge in [-0.15, -0.1) is 13.2 Å². The third-order valence-corrected chi connectivity index (χ3v) is 5.55. The Kier molecular flexibility index (Phi) is 8.52. The maximum Gasteiger partial charge on any atom is 0.240 e. The molecule has 156 valence electrons. The highest BCUT2D eigenvalue weighted by atomic mass is 16.5. The van der Waals surface area contributed by atoms with Crippen molar-refractivity contribution in [2.75, 3.05) is 34.0 Å². The number of ether oxygens (including phenoxy) is 3. The van der Waals surface area contributed by atoms with Gasteiger partial charge in [-0.2, -0.15) is 0 Å². The smallest absolute Gasteiger partial charge is 0.240 e. The molecule has 0 spiro atoms. The lowest BCUT2D eigenvalue weighted by Gasteiger charge is -2.39. The third-order valence-electron chi connectivity index (χ3n) is 5.55. The summed E-state index contributed by atoms with van der Waals surface area (Å²) in [5.74, 6) is 0.792. The van der Waals surface area contributed by atoms with E-state index in [0.29, 0.717) is 25.4 Å². The van der Waals surface area contributed by atoms with Gasteiger partial charge in [-0.25, -0.2) is 0 Å². The summed E-state index contributed by atoms with van der Waals surface area (Å²) < 4.78 is 16.8. The molecule has 0 radical (unpaired) electrons. The minimum Gasteiger partial charge on any atom is -0.500 e. The van der Waals surface area contributed by atoms with E-state index in [1.807, 2.05) is 24.0 Å². The Balaban J connectivity index is 2.33. The van der Waals surface area contributed by atoms with Gasteiger partial charge < -0.3 is 19.1 Å². The molecule has 1 aliphatic heterocycles. The quantitative estimate of drug-likeness (QED) is 0.501. The normalized spacial score (nSPS) is 25.7. The van der Waals surface area contributed by atoms with Crippen molar-refractivity contribution in [1.29, 1.82) is 0 Å². The van der Waals surface area contributed by atoms with Gasteiger partial charge in [0, 0.05) is 13.7 Å². The summed E-state index contributed by atoms with van der Waals surface area (Å²) in [5.41, 5.74) is 0.355. The molecule has 1 amide bonds. The van der Waals surface area contributed by atoms with Crippen molar-refractivity contribution in [1.82, 2.24) is 4.90 Å². The standard InChI is InChI=1S/C23H35NO4/c1-6-12-23(22(25)24-13-8-9-20(24)17-26-4)16-19(10-11-21(23)27-5)15-18(3)28-14-7-2/h6-7,11,16,18,20H,1-2,8-10,12-15,17H2,3-5H3/t18-,20+,23-/m1/s1. The van der Waals surface area contributed by atoms with E-state index in [4.69, 9.17) is 14.2 Å². The molecule has 2 rings (SSSR count). The van der Waals surface area contributed by atoms with Crippen LogP contribution in [0.15, 0.2) is 48.8 Å². The summed E-state index contributed by atoms with van der Waals surface area (Å²) in [6.07, 6.45) is 11.8. The first kappa shape index (κ1) is 22.4. The first-order chi connectivity index (χ1) is 13.5. The maximum absolute atomic E-state index is 13.8. The zero-order valence-corrected chi connectivity index (χ0v) is 17.6. The number of carbonyl (C=O) groups excluding carboxylic acids is 1. The molecule has 3 atom stereocenters. The fraction of sp³-hybridized carbons (Fsp3) is 0.609. The molecule has 5 heteroatoms. The van der Waals surface area contributed by atoms with E-state index in [-0.39, 0.29) is 18.1 Å². The lowest BCUT2D eigenvalue weighted by Crippen LogP contribution is -2.48. The van der Waals surface area contributed by atoms with Crippen molar-refractivity contribution in [3.05, 3.63) is 48.8 Å². The van der Waals surface area contributed by atoms with E-state index < -0.39 is 5.41 Å². The van der Waals surface area contributed by atoms with Crippen LogP contribution >= 0.6 is 0 Å². The molecule has 2 aliphatic rings. The molecule has 0 aromatic heterocycles. The van der Waals surface area contributed by atoms with Gasteiger partial charge in [-0.05, 0) is 45.1 Å². The highest BCUT2D eigenvalue weighted by Crippen LogP contribution is 2.43. The van der Waals surface area contributed by atoms with Gasteiger partial charge in [0.25, 0.3) is 0 Å². The Morgan fingerprint density at radius 2 is 2.18 bits per heavy atom. The zero-order valence-electron chi connectivity index (χ0n) is 17.6. The van der Waals surface area contributed by atoms with E-state index in [0.717, 1.165) is 32.2 Å². The van der Waals surface area contributed by atoms with Crippen LogP contribution < -0.4 is 0 Å². The minimum absolute atomic E-state index is 0.0614. The van der Waals surface area contributed by atoms with Crippen molar-refractivity contribution in [3.63, 3.8) is 0 Å². The van der Waals surface area contributed by atoms with E-state index >= 15 is 0 Å². The van der Waals surface area contributed by atoms with Crippen molar-refractivity contribution in [3.8, 4) is 0 Å². The number of methoxy groups -OCH3 is 2. The maximum atomic E-state index is 13.8. The van der Waals surface area contributed by atoms with Gasteiger partial charge >= 0.3 is 0 Å². The average molecular weight is 390 g/mol. The number of nitrogens with zero attached hydrogens (tertiary/aromatic N) is 1. The number of allylic oxidation sites excluding steroid dienone is 2. The van der Waals surface area contributed by atoms with Gasteiger partial charge in [-0.1, -0.05) is 23.8 Å². The molecule has 5 nitrogen and oxygen atoms in total. The second kappa shape index (κ2) is 10.6. The summed E-state index contributed by atoms with van der Waals surface area (Å²) in [5, 5.41) is 0. The number of amides is 1. The van der Waals surface area contributed by atoms with Crippen LogP contribution in [0.2, 0.25) is 0 Å². The molecule has 0 bridgehead atoms.